The predicted octanol–water partition coefficient (Wildman–Crippen LogP) is 4.08. The standard InChI is InChI=1S/C18H22O6P2/c1-3-21-26(22-4-2)23-14-11-15-9-10-18(24-15)25(16-7-5-12-19-16)17-8-6-13-20-17/h5-10,12-13H,3-4,11,14H2,1-2H3. The van der Waals surface area contributed by atoms with Crippen molar-refractivity contribution < 1.29 is 26.8 Å². The van der Waals surface area contributed by atoms with Crippen molar-refractivity contribution in [3.05, 3.63) is 54.7 Å². The normalized spacial score (nSPS) is 11.7. The van der Waals surface area contributed by atoms with Crippen molar-refractivity contribution in [2.45, 2.75) is 20.3 Å². The van der Waals surface area contributed by atoms with E-state index in [2.05, 4.69) is 0 Å². The third-order valence-corrected chi connectivity index (χ3v) is 6.74. The number of hydrogen-bond donors (Lipinski definition) is 0. The van der Waals surface area contributed by atoms with E-state index in [9.17, 15) is 0 Å². The second-order valence-electron chi connectivity index (χ2n) is 5.12. The molecule has 0 fully saturated rings. The van der Waals surface area contributed by atoms with Crippen LogP contribution in [0.3, 0.4) is 0 Å². The van der Waals surface area contributed by atoms with Gasteiger partial charge in [-0.05, 0) is 50.2 Å². The third-order valence-electron chi connectivity index (χ3n) is 3.34. The summed E-state index contributed by atoms with van der Waals surface area (Å²) in [6.07, 6.45) is 3.96. The largest absolute Gasteiger partial charge is 0.464 e. The van der Waals surface area contributed by atoms with Gasteiger partial charge in [-0.15, -0.1) is 0 Å². The molecule has 0 aliphatic carbocycles. The molecule has 3 heterocycles. The quantitative estimate of drug-likeness (QED) is 0.455. The van der Waals surface area contributed by atoms with Gasteiger partial charge in [-0.1, -0.05) is 0 Å². The molecule has 0 aromatic carbocycles. The van der Waals surface area contributed by atoms with Gasteiger partial charge >= 0.3 is 8.60 Å². The van der Waals surface area contributed by atoms with Crippen LogP contribution >= 0.6 is 16.5 Å². The first-order chi connectivity index (χ1) is 12.8. The second kappa shape index (κ2) is 10.1. The molecular weight excluding hydrogens is 374 g/mol. The Morgan fingerprint density at radius 1 is 0.808 bits per heavy atom. The van der Waals surface area contributed by atoms with Gasteiger partial charge in [0.1, 0.15) is 30.2 Å². The molecule has 3 aromatic rings. The second-order valence-corrected chi connectivity index (χ2v) is 8.34. The van der Waals surface area contributed by atoms with Crippen LogP contribution in [0.5, 0.6) is 0 Å². The van der Waals surface area contributed by atoms with Crippen LogP contribution in [0.2, 0.25) is 0 Å². The van der Waals surface area contributed by atoms with Crippen molar-refractivity contribution in [3.8, 4) is 0 Å². The predicted molar refractivity (Wildman–Crippen MR) is 102 cm³/mol. The Morgan fingerprint density at radius 2 is 1.46 bits per heavy atom. The molecule has 0 spiro atoms. The topological polar surface area (TPSA) is 67.1 Å². The van der Waals surface area contributed by atoms with Crippen LogP contribution < -0.4 is 16.5 Å². The molecule has 0 N–H and O–H groups in total. The maximum absolute atomic E-state index is 6.05. The minimum absolute atomic E-state index is 0.470. The van der Waals surface area contributed by atoms with Crippen LogP contribution in [-0.2, 0) is 20.0 Å². The fourth-order valence-electron chi connectivity index (χ4n) is 2.28. The summed E-state index contributed by atoms with van der Waals surface area (Å²) in [5.41, 5.74) is 2.50. The Hall–Kier alpha value is -1.42. The van der Waals surface area contributed by atoms with Gasteiger partial charge in [-0.3, -0.25) is 0 Å². The highest BCUT2D eigenvalue weighted by molar-refractivity contribution is 7.78. The average molecular weight is 396 g/mol. The highest BCUT2D eigenvalue weighted by Crippen LogP contribution is 2.39. The monoisotopic (exact) mass is 396 g/mol. The summed E-state index contributed by atoms with van der Waals surface area (Å²) in [4.78, 5) is 0. The zero-order valence-corrected chi connectivity index (χ0v) is 16.6. The molecule has 0 radical (unpaired) electrons. The van der Waals surface area contributed by atoms with E-state index in [0.29, 0.717) is 26.2 Å². The van der Waals surface area contributed by atoms with Crippen LogP contribution in [0, 0.1) is 0 Å². The third kappa shape index (κ3) is 5.06. The van der Waals surface area contributed by atoms with Gasteiger partial charge in [0, 0.05) is 6.42 Å². The minimum atomic E-state index is -1.29. The van der Waals surface area contributed by atoms with Gasteiger partial charge in [-0.2, -0.15) is 0 Å². The Balaban J connectivity index is 1.64. The summed E-state index contributed by atoms with van der Waals surface area (Å²) >= 11 is 0. The summed E-state index contributed by atoms with van der Waals surface area (Å²) < 4.78 is 33.8. The van der Waals surface area contributed by atoms with E-state index in [4.69, 9.17) is 26.8 Å². The lowest BCUT2D eigenvalue weighted by atomic mass is 10.3. The van der Waals surface area contributed by atoms with Gasteiger partial charge in [0.15, 0.2) is 0 Å². The minimum Gasteiger partial charge on any atom is -0.464 e. The van der Waals surface area contributed by atoms with Crippen LogP contribution in [-0.4, -0.2) is 19.8 Å². The lowest BCUT2D eigenvalue weighted by Crippen LogP contribution is -2.17. The van der Waals surface area contributed by atoms with Crippen LogP contribution in [0.1, 0.15) is 19.6 Å². The van der Waals surface area contributed by atoms with Crippen molar-refractivity contribution in [1.82, 2.24) is 0 Å². The zero-order valence-electron chi connectivity index (χ0n) is 14.8. The molecule has 0 unspecified atom stereocenters. The van der Waals surface area contributed by atoms with E-state index < -0.39 is 16.5 Å². The van der Waals surface area contributed by atoms with Crippen LogP contribution in [0.15, 0.2) is 62.2 Å². The van der Waals surface area contributed by atoms with Gasteiger partial charge < -0.3 is 26.8 Å². The van der Waals surface area contributed by atoms with Gasteiger partial charge in [0.25, 0.3) is 0 Å². The first-order valence-electron chi connectivity index (χ1n) is 8.46. The van der Waals surface area contributed by atoms with Crippen LogP contribution in [0.4, 0.5) is 0 Å². The summed E-state index contributed by atoms with van der Waals surface area (Å²) in [6, 6.07) is 11.6. The smallest absolute Gasteiger partial charge is 0.332 e. The van der Waals surface area contributed by atoms with Crippen molar-refractivity contribution >= 4 is 33.0 Å². The Bertz CT molecular complexity index is 697. The Kier molecular flexibility index (Phi) is 7.48. The van der Waals surface area contributed by atoms with E-state index in [1.165, 1.54) is 0 Å². The van der Waals surface area contributed by atoms with E-state index in [0.717, 1.165) is 22.3 Å². The zero-order chi connectivity index (χ0) is 18.2. The summed E-state index contributed by atoms with van der Waals surface area (Å²) in [6.45, 7) is 5.43. The van der Waals surface area contributed by atoms with Crippen LogP contribution in [0.25, 0.3) is 0 Å². The molecule has 8 heteroatoms. The molecule has 0 aliphatic rings. The molecule has 3 rings (SSSR count). The first kappa shape index (κ1) is 19.3. The number of rotatable bonds is 11. The molecule has 0 aliphatic heterocycles. The van der Waals surface area contributed by atoms with Crippen molar-refractivity contribution in [2.24, 2.45) is 0 Å². The summed E-state index contributed by atoms with van der Waals surface area (Å²) in [5.74, 6) is 0.841. The van der Waals surface area contributed by atoms with Crippen molar-refractivity contribution in [3.63, 3.8) is 0 Å². The van der Waals surface area contributed by atoms with Gasteiger partial charge in [-0.25, -0.2) is 0 Å². The molecule has 0 atom stereocenters. The SMILES string of the molecule is CCOP(OCC)OCCc1ccc(P(c2ccco2)c2ccco2)o1. The number of hydrogen-bond acceptors (Lipinski definition) is 6. The lowest BCUT2D eigenvalue weighted by Gasteiger charge is -2.14. The van der Waals surface area contributed by atoms with Gasteiger partial charge in [0.05, 0.1) is 32.3 Å². The van der Waals surface area contributed by atoms with Crippen molar-refractivity contribution in [1.29, 1.82) is 0 Å². The van der Waals surface area contributed by atoms with E-state index in [1.807, 2.05) is 50.2 Å². The molecular formula is C18H22O6P2. The highest BCUT2D eigenvalue weighted by atomic mass is 31.2. The lowest BCUT2D eigenvalue weighted by molar-refractivity contribution is 0.170. The van der Waals surface area contributed by atoms with E-state index >= 15 is 0 Å². The molecule has 3 aromatic heterocycles. The Labute approximate surface area is 155 Å². The highest BCUT2D eigenvalue weighted by Gasteiger charge is 2.25. The number of furan rings is 3. The Morgan fingerprint density at radius 3 is 2.00 bits per heavy atom. The van der Waals surface area contributed by atoms with E-state index in [1.54, 1.807) is 12.5 Å². The molecule has 140 valence electrons. The van der Waals surface area contributed by atoms with E-state index in [-0.39, 0.29) is 0 Å². The fourth-order valence-corrected chi connectivity index (χ4v) is 5.06. The molecule has 0 saturated heterocycles. The first-order valence-corrected chi connectivity index (χ1v) is 10.9. The molecule has 26 heavy (non-hydrogen) atoms. The van der Waals surface area contributed by atoms with Gasteiger partial charge in [0.2, 0.25) is 0 Å². The van der Waals surface area contributed by atoms with Crippen molar-refractivity contribution in [2.75, 3.05) is 19.8 Å². The maximum atomic E-state index is 6.05. The summed E-state index contributed by atoms with van der Waals surface area (Å²) in [5, 5.41) is 0. The molecule has 0 saturated carbocycles. The maximum Gasteiger partial charge on any atom is 0.332 e. The molecule has 6 nitrogen and oxygen atoms in total. The average Bonchev–Trinajstić information content (AvgIpc) is 3.39. The molecule has 0 bridgehead atoms. The fraction of sp³-hybridized carbons (Fsp3) is 0.333. The summed E-state index contributed by atoms with van der Waals surface area (Å²) in [7, 11) is -2.27. The molecule has 0 amide bonds.